The van der Waals surface area contributed by atoms with Crippen LogP contribution in [0.3, 0.4) is 0 Å². The number of aromatic nitrogens is 2. The topological polar surface area (TPSA) is 65.4 Å². The highest BCUT2D eigenvalue weighted by atomic mass is 35.5. The summed E-state index contributed by atoms with van der Waals surface area (Å²) in [6.07, 6.45) is 1.60. The Morgan fingerprint density at radius 2 is 1.91 bits per heavy atom. The first-order valence-corrected chi connectivity index (χ1v) is 10.9. The van der Waals surface area contributed by atoms with Gasteiger partial charge in [0.1, 0.15) is 12.7 Å². The highest BCUT2D eigenvalue weighted by Crippen LogP contribution is 2.30. The Labute approximate surface area is 190 Å². The second-order valence-electron chi connectivity index (χ2n) is 7.71. The van der Waals surface area contributed by atoms with Crippen LogP contribution in [0.5, 0.6) is 11.5 Å². The highest BCUT2D eigenvalue weighted by Gasteiger charge is 2.20. The highest BCUT2D eigenvalue weighted by molar-refractivity contribution is 6.31. The van der Waals surface area contributed by atoms with Crippen molar-refractivity contribution in [3.63, 3.8) is 0 Å². The molecule has 7 heteroatoms. The summed E-state index contributed by atoms with van der Waals surface area (Å²) >= 11 is 6.22. The molecule has 0 aliphatic carbocycles. The first kappa shape index (κ1) is 20.5. The van der Waals surface area contributed by atoms with E-state index in [0.29, 0.717) is 36.8 Å². The first-order valence-electron chi connectivity index (χ1n) is 10.5. The Hall–Kier alpha value is -3.35. The van der Waals surface area contributed by atoms with Gasteiger partial charge in [0.05, 0.1) is 17.8 Å². The predicted octanol–water partition coefficient (Wildman–Crippen LogP) is 4.03. The number of rotatable bonds is 6. The van der Waals surface area contributed by atoms with Gasteiger partial charge in [-0.15, -0.1) is 0 Å². The van der Waals surface area contributed by atoms with Gasteiger partial charge < -0.3 is 19.4 Å². The van der Waals surface area contributed by atoms with Crippen LogP contribution in [-0.2, 0) is 13.1 Å². The van der Waals surface area contributed by atoms with Crippen molar-refractivity contribution in [2.45, 2.75) is 19.2 Å². The third-order valence-electron chi connectivity index (χ3n) is 5.43. The molecule has 2 aromatic heterocycles. The normalized spacial score (nSPS) is 15.1. The predicted molar refractivity (Wildman–Crippen MR) is 125 cm³/mol. The summed E-state index contributed by atoms with van der Waals surface area (Å²) in [7, 11) is 0. The minimum atomic E-state index is -0.125. The zero-order valence-corrected chi connectivity index (χ0v) is 18.1. The molecule has 1 unspecified atom stereocenters. The molecule has 1 aliphatic heterocycles. The van der Waals surface area contributed by atoms with Gasteiger partial charge in [0, 0.05) is 29.9 Å². The van der Waals surface area contributed by atoms with Crippen molar-refractivity contribution in [1.29, 1.82) is 0 Å². The Balaban J connectivity index is 1.36. The van der Waals surface area contributed by atoms with E-state index in [4.69, 9.17) is 21.1 Å². The Morgan fingerprint density at radius 3 is 2.75 bits per heavy atom. The number of hydrogen-bond donors (Lipinski definition) is 1. The number of nitrogens with zero attached hydrogens (tertiary/aromatic N) is 2. The van der Waals surface area contributed by atoms with E-state index in [1.165, 1.54) is 0 Å². The number of hydrogen-bond acceptors (Lipinski definition) is 5. The molecule has 0 bridgehead atoms. The fourth-order valence-corrected chi connectivity index (χ4v) is 4.04. The summed E-state index contributed by atoms with van der Waals surface area (Å²) in [5, 5.41) is 4.89. The largest absolute Gasteiger partial charge is 0.486 e. The van der Waals surface area contributed by atoms with Gasteiger partial charge in [-0.2, -0.15) is 0 Å². The monoisotopic (exact) mass is 447 g/mol. The average molecular weight is 448 g/mol. The quantitative estimate of drug-likeness (QED) is 0.483. The molecule has 6 nitrogen and oxygen atoms in total. The van der Waals surface area contributed by atoms with Crippen LogP contribution in [0.2, 0.25) is 5.02 Å². The van der Waals surface area contributed by atoms with Gasteiger partial charge in [0.2, 0.25) is 0 Å². The summed E-state index contributed by atoms with van der Waals surface area (Å²) < 4.78 is 13.5. The standard InChI is InChI=1S/C25H22ClN3O3/c26-19-9-8-17-11-18(13-27-14-21-16-31-23-6-1-2-7-24(23)32-21)25(30)29(22(17)12-19)15-20-5-3-4-10-28-20/h1-12,21,27H,13-16H2. The van der Waals surface area contributed by atoms with Crippen molar-refractivity contribution in [3.8, 4) is 11.5 Å². The zero-order valence-electron chi connectivity index (χ0n) is 17.3. The van der Waals surface area contributed by atoms with E-state index in [1.54, 1.807) is 10.8 Å². The molecule has 0 saturated carbocycles. The molecule has 0 fully saturated rings. The van der Waals surface area contributed by atoms with Gasteiger partial charge >= 0.3 is 0 Å². The third-order valence-corrected chi connectivity index (χ3v) is 5.67. The summed E-state index contributed by atoms with van der Waals surface area (Å²) in [6, 6.07) is 20.8. The Bertz CT molecular complexity index is 1310. The van der Waals surface area contributed by atoms with Crippen molar-refractivity contribution < 1.29 is 9.47 Å². The third kappa shape index (κ3) is 4.33. The maximum absolute atomic E-state index is 13.3. The van der Waals surface area contributed by atoms with E-state index in [2.05, 4.69) is 10.3 Å². The lowest BCUT2D eigenvalue weighted by molar-refractivity contribution is 0.0902. The smallest absolute Gasteiger partial charge is 0.255 e. The van der Waals surface area contributed by atoms with Crippen LogP contribution < -0.4 is 20.3 Å². The molecule has 5 rings (SSSR count). The molecule has 0 amide bonds. The first-order chi connectivity index (χ1) is 15.7. The van der Waals surface area contributed by atoms with E-state index >= 15 is 0 Å². The van der Waals surface area contributed by atoms with Crippen LogP contribution in [0.25, 0.3) is 10.9 Å². The molecule has 0 radical (unpaired) electrons. The average Bonchev–Trinajstić information content (AvgIpc) is 2.82. The maximum atomic E-state index is 13.3. The molecule has 0 spiro atoms. The Morgan fingerprint density at radius 1 is 1.06 bits per heavy atom. The number of pyridine rings is 2. The number of para-hydroxylation sites is 2. The second kappa shape index (κ2) is 9.02. The fraction of sp³-hybridized carbons (Fsp3) is 0.200. The van der Waals surface area contributed by atoms with Crippen LogP contribution in [0.1, 0.15) is 11.3 Å². The zero-order chi connectivity index (χ0) is 21.9. The number of halogens is 1. The maximum Gasteiger partial charge on any atom is 0.255 e. The van der Waals surface area contributed by atoms with Crippen LogP contribution in [0.15, 0.2) is 77.7 Å². The van der Waals surface area contributed by atoms with Gasteiger partial charge in [0.25, 0.3) is 5.56 Å². The van der Waals surface area contributed by atoms with Crippen molar-refractivity contribution in [3.05, 3.63) is 99.6 Å². The minimum absolute atomic E-state index is 0.0657. The second-order valence-corrected chi connectivity index (χ2v) is 8.15. The van der Waals surface area contributed by atoms with Gasteiger partial charge in [-0.05, 0) is 47.9 Å². The summed E-state index contributed by atoms with van der Waals surface area (Å²) in [6.45, 7) is 1.82. The van der Waals surface area contributed by atoms with Crippen molar-refractivity contribution in [2.75, 3.05) is 13.2 Å². The van der Waals surface area contributed by atoms with E-state index < -0.39 is 0 Å². The summed E-state index contributed by atoms with van der Waals surface area (Å²) in [5.74, 6) is 1.50. The van der Waals surface area contributed by atoms with Crippen molar-refractivity contribution >= 4 is 22.5 Å². The summed E-state index contributed by atoms with van der Waals surface area (Å²) in [5.41, 5.74) is 2.21. The number of fused-ring (bicyclic) bond motifs is 2. The van der Waals surface area contributed by atoms with Crippen molar-refractivity contribution in [1.82, 2.24) is 14.9 Å². The summed E-state index contributed by atoms with van der Waals surface area (Å²) in [4.78, 5) is 17.7. The molecular weight excluding hydrogens is 426 g/mol. The van der Waals surface area contributed by atoms with E-state index in [9.17, 15) is 4.79 Å². The number of nitrogens with one attached hydrogen (secondary N) is 1. The van der Waals surface area contributed by atoms with Crippen LogP contribution in [0.4, 0.5) is 0 Å². The van der Waals surface area contributed by atoms with Crippen molar-refractivity contribution in [2.24, 2.45) is 0 Å². The van der Waals surface area contributed by atoms with Gasteiger partial charge in [-0.25, -0.2) is 0 Å². The van der Waals surface area contributed by atoms with Crippen LogP contribution >= 0.6 is 11.6 Å². The number of ether oxygens (including phenoxy) is 2. The lowest BCUT2D eigenvalue weighted by Crippen LogP contribution is -2.39. The molecule has 3 heterocycles. The molecular formula is C25H22ClN3O3. The fourth-order valence-electron chi connectivity index (χ4n) is 3.87. The molecule has 2 aromatic carbocycles. The lowest BCUT2D eigenvalue weighted by Gasteiger charge is -2.26. The Kier molecular flexibility index (Phi) is 5.79. The van der Waals surface area contributed by atoms with Gasteiger partial charge in [-0.3, -0.25) is 9.78 Å². The van der Waals surface area contributed by atoms with Crippen LogP contribution in [-0.4, -0.2) is 28.8 Å². The van der Waals surface area contributed by atoms with E-state index in [0.717, 1.165) is 28.1 Å². The van der Waals surface area contributed by atoms with Crippen LogP contribution in [0, 0.1) is 0 Å². The molecule has 1 atom stereocenters. The molecule has 32 heavy (non-hydrogen) atoms. The molecule has 0 saturated heterocycles. The minimum Gasteiger partial charge on any atom is -0.486 e. The molecule has 1 N–H and O–H groups in total. The SMILES string of the molecule is O=c1c(CNCC2COc3ccccc3O2)cc2ccc(Cl)cc2n1Cc1ccccn1. The lowest BCUT2D eigenvalue weighted by atomic mass is 10.1. The molecule has 1 aliphatic rings. The molecule has 4 aromatic rings. The number of benzene rings is 2. The van der Waals surface area contributed by atoms with E-state index in [1.807, 2.05) is 66.7 Å². The molecule has 162 valence electrons. The van der Waals surface area contributed by atoms with E-state index in [-0.39, 0.29) is 11.7 Å². The van der Waals surface area contributed by atoms with Gasteiger partial charge in [0.15, 0.2) is 11.5 Å². The van der Waals surface area contributed by atoms with Gasteiger partial charge in [-0.1, -0.05) is 35.9 Å².